The molecule has 24 heavy (non-hydrogen) atoms. The number of hydrogen-bond acceptors (Lipinski definition) is 3. The van der Waals surface area contributed by atoms with E-state index in [-0.39, 0.29) is 10.6 Å². The van der Waals surface area contributed by atoms with Gasteiger partial charge in [0.2, 0.25) is 0 Å². The zero-order valence-corrected chi connectivity index (χ0v) is 12.9. The third-order valence-electron chi connectivity index (χ3n) is 3.79. The highest BCUT2D eigenvalue weighted by molar-refractivity contribution is 5.92. The van der Waals surface area contributed by atoms with Crippen LogP contribution < -0.4 is 5.73 Å². The first-order chi connectivity index (χ1) is 11.7. The van der Waals surface area contributed by atoms with Gasteiger partial charge >= 0.3 is 0 Å². The number of nitrogen functional groups attached to an aromatic ring is 1. The summed E-state index contributed by atoms with van der Waals surface area (Å²) in [5.74, 6) is 0. The first kappa shape index (κ1) is 15.5. The molecule has 2 N–H and O–H groups in total. The SMILES string of the molecule is Nc1cccc2ccccc12.O=[N+]([O-])c1cccc2ccccc12. The number of anilines is 1. The summed E-state index contributed by atoms with van der Waals surface area (Å²) in [6.07, 6.45) is 0. The molecule has 0 fully saturated rings. The highest BCUT2D eigenvalue weighted by Crippen LogP contribution is 2.24. The van der Waals surface area contributed by atoms with Crippen molar-refractivity contribution in [2.24, 2.45) is 0 Å². The number of fused-ring (bicyclic) bond motifs is 2. The second kappa shape index (κ2) is 6.79. The zero-order chi connectivity index (χ0) is 16.9. The van der Waals surface area contributed by atoms with Gasteiger partial charge in [0, 0.05) is 17.1 Å². The van der Waals surface area contributed by atoms with E-state index >= 15 is 0 Å². The lowest BCUT2D eigenvalue weighted by atomic mass is 10.1. The highest BCUT2D eigenvalue weighted by Gasteiger charge is 2.08. The number of nitro groups is 1. The van der Waals surface area contributed by atoms with Gasteiger partial charge in [0.15, 0.2) is 0 Å². The number of nitrogens with two attached hydrogens (primary N) is 1. The summed E-state index contributed by atoms with van der Waals surface area (Å²) in [6.45, 7) is 0. The fourth-order valence-electron chi connectivity index (χ4n) is 2.62. The molecule has 4 heteroatoms. The Morgan fingerprint density at radius 2 is 1.17 bits per heavy atom. The monoisotopic (exact) mass is 316 g/mol. The minimum atomic E-state index is -0.359. The summed E-state index contributed by atoms with van der Waals surface area (Å²) in [6, 6.07) is 26.4. The molecular weight excluding hydrogens is 300 g/mol. The van der Waals surface area contributed by atoms with Gasteiger partial charge in [0.05, 0.1) is 10.3 Å². The van der Waals surface area contributed by atoms with Crippen molar-refractivity contribution in [3.8, 4) is 0 Å². The fraction of sp³-hybridized carbons (Fsp3) is 0. The topological polar surface area (TPSA) is 69.2 Å². The van der Waals surface area contributed by atoms with Crippen LogP contribution in [0.5, 0.6) is 0 Å². The molecule has 4 aromatic carbocycles. The number of rotatable bonds is 1. The van der Waals surface area contributed by atoms with Crippen molar-refractivity contribution < 1.29 is 4.92 Å². The third kappa shape index (κ3) is 3.17. The Labute approximate surface area is 139 Å². The van der Waals surface area contributed by atoms with Gasteiger partial charge in [-0.1, -0.05) is 66.7 Å². The molecule has 0 amide bonds. The van der Waals surface area contributed by atoms with Crippen LogP contribution in [0.15, 0.2) is 84.9 Å². The van der Waals surface area contributed by atoms with Crippen LogP contribution >= 0.6 is 0 Å². The minimum Gasteiger partial charge on any atom is -0.398 e. The van der Waals surface area contributed by atoms with Crippen molar-refractivity contribution in [1.82, 2.24) is 0 Å². The maximum absolute atomic E-state index is 10.6. The second-order valence-corrected chi connectivity index (χ2v) is 5.32. The Bertz CT molecular complexity index is 1000. The Kier molecular flexibility index (Phi) is 4.38. The van der Waals surface area contributed by atoms with Crippen molar-refractivity contribution in [2.75, 3.05) is 5.73 Å². The van der Waals surface area contributed by atoms with E-state index in [4.69, 9.17) is 5.73 Å². The van der Waals surface area contributed by atoms with Gasteiger partial charge in [0.25, 0.3) is 5.69 Å². The van der Waals surface area contributed by atoms with Crippen molar-refractivity contribution in [2.45, 2.75) is 0 Å². The van der Waals surface area contributed by atoms with Gasteiger partial charge in [0.1, 0.15) is 0 Å². The molecule has 0 radical (unpaired) electrons. The average molecular weight is 316 g/mol. The lowest BCUT2D eigenvalue weighted by Gasteiger charge is -1.98. The number of benzene rings is 4. The molecule has 0 aliphatic rings. The summed E-state index contributed by atoms with van der Waals surface area (Å²) in [5.41, 5.74) is 6.77. The van der Waals surface area contributed by atoms with Crippen LogP contribution in [0.1, 0.15) is 0 Å². The molecule has 0 atom stereocenters. The molecule has 4 aromatic rings. The molecule has 0 aromatic heterocycles. The first-order valence-electron chi connectivity index (χ1n) is 7.52. The molecule has 0 aliphatic carbocycles. The lowest BCUT2D eigenvalue weighted by Crippen LogP contribution is -1.88. The summed E-state index contributed by atoms with van der Waals surface area (Å²) >= 11 is 0. The van der Waals surface area contributed by atoms with E-state index in [9.17, 15) is 10.1 Å². The zero-order valence-electron chi connectivity index (χ0n) is 12.9. The molecule has 0 saturated carbocycles. The molecule has 118 valence electrons. The maximum Gasteiger partial charge on any atom is 0.277 e. The van der Waals surface area contributed by atoms with Crippen LogP contribution in [0.25, 0.3) is 21.5 Å². The van der Waals surface area contributed by atoms with Gasteiger partial charge in [-0.15, -0.1) is 0 Å². The maximum atomic E-state index is 10.6. The number of nitrogens with zero attached hydrogens (tertiary/aromatic N) is 1. The van der Waals surface area contributed by atoms with Crippen molar-refractivity contribution in [3.63, 3.8) is 0 Å². The van der Waals surface area contributed by atoms with Crippen LogP contribution in [0.3, 0.4) is 0 Å². The number of hydrogen-bond donors (Lipinski definition) is 1. The molecule has 0 saturated heterocycles. The predicted octanol–water partition coefficient (Wildman–Crippen LogP) is 5.17. The highest BCUT2D eigenvalue weighted by atomic mass is 16.6. The Balaban J connectivity index is 0.000000143. The predicted molar refractivity (Wildman–Crippen MR) is 99.0 cm³/mol. The average Bonchev–Trinajstić information content (AvgIpc) is 2.62. The Morgan fingerprint density at radius 3 is 1.79 bits per heavy atom. The number of non-ortho nitro benzene ring substituents is 1. The fourth-order valence-corrected chi connectivity index (χ4v) is 2.62. The molecular formula is C20H16N2O2. The van der Waals surface area contributed by atoms with Crippen molar-refractivity contribution >= 4 is 32.9 Å². The quantitative estimate of drug-likeness (QED) is 0.299. The van der Waals surface area contributed by atoms with Crippen LogP contribution in [-0.4, -0.2) is 4.92 Å². The van der Waals surface area contributed by atoms with Gasteiger partial charge in [-0.3, -0.25) is 10.1 Å². The van der Waals surface area contributed by atoms with Crippen molar-refractivity contribution in [1.29, 1.82) is 0 Å². The largest absolute Gasteiger partial charge is 0.398 e. The summed E-state index contributed by atoms with van der Waals surface area (Å²) < 4.78 is 0. The Morgan fingerprint density at radius 1 is 0.667 bits per heavy atom. The molecule has 0 heterocycles. The smallest absolute Gasteiger partial charge is 0.277 e. The van der Waals surface area contributed by atoms with E-state index in [1.54, 1.807) is 18.2 Å². The molecule has 4 rings (SSSR count). The van der Waals surface area contributed by atoms with Crippen LogP contribution in [0.4, 0.5) is 11.4 Å². The molecule has 4 nitrogen and oxygen atoms in total. The van der Waals surface area contributed by atoms with Gasteiger partial charge < -0.3 is 5.73 Å². The van der Waals surface area contributed by atoms with E-state index < -0.39 is 0 Å². The van der Waals surface area contributed by atoms with E-state index in [1.807, 2.05) is 48.5 Å². The molecule has 0 spiro atoms. The standard InChI is InChI=1S/C10H7NO2.C10H9N/c12-11(13)10-7-3-5-8-4-1-2-6-9(8)10;11-10-7-3-5-8-4-1-2-6-9(8)10/h1-7H;1-7H,11H2. The van der Waals surface area contributed by atoms with Gasteiger partial charge in [-0.05, 0) is 22.9 Å². The summed E-state index contributed by atoms with van der Waals surface area (Å²) in [5, 5.41) is 14.5. The van der Waals surface area contributed by atoms with Gasteiger partial charge in [-0.25, -0.2) is 0 Å². The van der Waals surface area contributed by atoms with Crippen LogP contribution in [0.2, 0.25) is 0 Å². The van der Waals surface area contributed by atoms with E-state index in [2.05, 4.69) is 12.1 Å². The van der Waals surface area contributed by atoms with Crippen molar-refractivity contribution in [3.05, 3.63) is 95.0 Å². The Hall–Kier alpha value is -3.40. The summed E-state index contributed by atoms with van der Waals surface area (Å²) in [4.78, 5) is 10.3. The molecule has 0 aliphatic heterocycles. The van der Waals surface area contributed by atoms with E-state index in [1.165, 1.54) is 11.5 Å². The molecule has 0 unspecified atom stereocenters. The lowest BCUT2D eigenvalue weighted by molar-refractivity contribution is -0.383. The number of nitro benzene ring substituents is 1. The second-order valence-electron chi connectivity index (χ2n) is 5.32. The van der Waals surface area contributed by atoms with Crippen LogP contribution in [-0.2, 0) is 0 Å². The van der Waals surface area contributed by atoms with E-state index in [0.717, 1.165) is 16.5 Å². The van der Waals surface area contributed by atoms with Gasteiger partial charge in [-0.2, -0.15) is 0 Å². The molecule has 0 bridgehead atoms. The van der Waals surface area contributed by atoms with E-state index in [0.29, 0.717) is 5.39 Å². The normalized spacial score (nSPS) is 10.2. The summed E-state index contributed by atoms with van der Waals surface area (Å²) in [7, 11) is 0. The minimum absolute atomic E-state index is 0.165. The first-order valence-corrected chi connectivity index (χ1v) is 7.52. The van der Waals surface area contributed by atoms with Crippen LogP contribution in [0, 0.1) is 10.1 Å². The third-order valence-corrected chi connectivity index (χ3v) is 3.79.